The van der Waals surface area contributed by atoms with Crippen LogP contribution in [0.4, 0.5) is 0 Å². The lowest BCUT2D eigenvalue weighted by atomic mass is 10.1. The van der Waals surface area contributed by atoms with Crippen LogP contribution in [0.5, 0.6) is 17.2 Å². The first-order valence-electron chi connectivity index (χ1n) is 7.70. The van der Waals surface area contributed by atoms with Crippen LogP contribution in [0.25, 0.3) is 0 Å². The normalized spacial score (nSPS) is 12.6. The Morgan fingerprint density at radius 3 is 2.72 bits per heavy atom. The van der Waals surface area contributed by atoms with Crippen molar-refractivity contribution in [3.63, 3.8) is 0 Å². The van der Waals surface area contributed by atoms with Gasteiger partial charge >= 0.3 is 5.97 Å². The molecule has 2 aromatic carbocycles. The molecule has 2 aromatic rings. The molecule has 0 fully saturated rings. The minimum absolute atomic E-state index is 0.295. The summed E-state index contributed by atoms with van der Waals surface area (Å²) in [6.07, 6.45) is 0. The van der Waals surface area contributed by atoms with Gasteiger partial charge in [-0.25, -0.2) is 4.79 Å². The van der Waals surface area contributed by atoms with E-state index in [0.717, 1.165) is 4.90 Å². The fraction of sp³-hybridized carbons (Fsp3) is 0.278. The lowest BCUT2D eigenvalue weighted by Gasteiger charge is -2.21. The van der Waals surface area contributed by atoms with E-state index in [1.54, 1.807) is 23.9 Å². The number of benzene rings is 2. The zero-order valence-corrected chi connectivity index (χ0v) is 15.2. The van der Waals surface area contributed by atoms with E-state index < -0.39 is 5.97 Å². The van der Waals surface area contributed by atoms with Crippen LogP contribution in [-0.2, 0) is 4.74 Å². The number of esters is 1. The summed E-state index contributed by atoms with van der Waals surface area (Å²) in [5.41, 5.74) is 0.373. The summed E-state index contributed by atoms with van der Waals surface area (Å²) in [5, 5.41) is 0.698. The molecule has 132 valence electrons. The van der Waals surface area contributed by atoms with Crippen LogP contribution in [-0.4, -0.2) is 38.7 Å². The molecule has 7 heteroatoms. The van der Waals surface area contributed by atoms with E-state index in [1.807, 2.05) is 24.3 Å². The first-order chi connectivity index (χ1) is 12.2. The van der Waals surface area contributed by atoms with Crippen molar-refractivity contribution < 1.29 is 23.7 Å². The fourth-order valence-corrected chi connectivity index (χ4v) is 3.16. The largest absolute Gasteiger partial charge is 0.493 e. The third-order valence-electron chi connectivity index (χ3n) is 3.46. The molecule has 3 rings (SSSR count). The number of ether oxygens (including phenoxy) is 4. The highest BCUT2D eigenvalue weighted by molar-refractivity contribution is 7.99. The molecular formula is C18H17ClO5S. The second-order valence-corrected chi connectivity index (χ2v) is 6.75. The predicted octanol–water partition coefficient (Wildman–Crippen LogP) is 4.07. The van der Waals surface area contributed by atoms with E-state index in [1.165, 1.54) is 7.11 Å². The maximum absolute atomic E-state index is 12.3. The van der Waals surface area contributed by atoms with Gasteiger partial charge in [-0.2, -0.15) is 0 Å². The number of methoxy groups -OCH3 is 1. The molecule has 0 radical (unpaired) electrons. The molecule has 0 saturated heterocycles. The van der Waals surface area contributed by atoms with Gasteiger partial charge in [-0.3, -0.25) is 0 Å². The van der Waals surface area contributed by atoms with Gasteiger partial charge in [-0.15, -0.1) is 11.8 Å². The predicted molar refractivity (Wildman–Crippen MR) is 96.4 cm³/mol. The summed E-state index contributed by atoms with van der Waals surface area (Å²) in [7, 11) is 1.52. The lowest BCUT2D eigenvalue weighted by Crippen LogP contribution is -2.17. The van der Waals surface area contributed by atoms with E-state index in [2.05, 4.69) is 0 Å². The molecule has 0 spiro atoms. The molecular weight excluding hydrogens is 364 g/mol. The molecule has 0 atom stereocenters. The molecule has 1 heterocycles. The van der Waals surface area contributed by atoms with Gasteiger partial charge in [0.05, 0.1) is 12.7 Å². The summed E-state index contributed by atoms with van der Waals surface area (Å²) in [5.74, 6) is 1.69. The maximum atomic E-state index is 12.3. The second kappa shape index (κ2) is 8.36. The number of fused-ring (bicyclic) bond motifs is 1. The molecule has 25 heavy (non-hydrogen) atoms. The van der Waals surface area contributed by atoms with Crippen molar-refractivity contribution in [2.45, 2.75) is 4.90 Å². The van der Waals surface area contributed by atoms with Crippen LogP contribution in [0.2, 0.25) is 5.02 Å². The minimum Gasteiger partial charge on any atom is -0.493 e. The van der Waals surface area contributed by atoms with Gasteiger partial charge in [0.1, 0.15) is 19.8 Å². The smallest absolute Gasteiger partial charge is 0.338 e. The summed E-state index contributed by atoms with van der Waals surface area (Å²) in [4.78, 5) is 13.3. The fourth-order valence-electron chi connectivity index (χ4n) is 2.30. The topological polar surface area (TPSA) is 54.0 Å². The zero-order valence-electron chi connectivity index (χ0n) is 13.6. The number of hydrogen-bond donors (Lipinski definition) is 0. The van der Waals surface area contributed by atoms with Crippen molar-refractivity contribution in [3.05, 3.63) is 47.0 Å². The molecule has 5 nitrogen and oxygen atoms in total. The maximum Gasteiger partial charge on any atom is 0.338 e. The quantitative estimate of drug-likeness (QED) is 0.428. The van der Waals surface area contributed by atoms with Gasteiger partial charge in [-0.05, 0) is 36.4 Å². The third-order valence-corrected chi connectivity index (χ3v) is 4.69. The molecule has 0 amide bonds. The second-order valence-electron chi connectivity index (χ2n) is 5.14. The van der Waals surface area contributed by atoms with E-state index in [0.29, 0.717) is 53.4 Å². The summed E-state index contributed by atoms with van der Waals surface area (Å²) < 4.78 is 21.6. The summed E-state index contributed by atoms with van der Waals surface area (Å²) >= 11 is 7.44. The Morgan fingerprint density at radius 1 is 1.20 bits per heavy atom. The van der Waals surface area contributed by atoms with Gasteiger partial charge in [0.2, 0.25) is 5.75 Å². The number of carbonyl (C=O) groups is 1. The van der Waals surface area contributed by atoms with E-state index in [-0.39, 0.29) is 0 Å². The van der Waals surface area contributed by atoms with Crippen molar-refractivity contribution in [1.29, 1.82) is 0 Å². The van der Waals surface area contributed by atoms with E-state index >= 15 is 0 Å². The van der Waals surface area contributed by atoms with Crippen molar-refractivity contribution in [3.8, 4) is 17.2 Å². The van der Waals surface area contributed by atoms with Crippen LogP contribution in [0, 0.1) is 0 Å². The number of hydrogen-bond acceptors (Lipinski definition) is 6. The average Bonchev–Trinajstić information content (AvgIpc) is 2.65. The molecule has 0 aliphatic carbocycles. The number of thioether (sulfide) groups is 1. The Bertz CT molecular complexity index is 731. The van der Waals surface area contributed by atoms with Gasteiger partial charge < -0.3 is 18.9 Å². The van der Waals surface area contributed by atoms with Gasteiger partial charge in [0, 0.05) is 15.7 Å². The van der Waals surface area contributed by atoms with Crippen molar-refractivity contribution in [1.82, 2.24) is 0 Å². The molecule has 0 saturated carbocycles. The van der Waals surface area contributed by atoms with Crippen LogP contribution < -0.4 is 14.2 Å². The van der Waals surface area contributed by atoms with E-state index in [9.17, 15) is 4.79 Å². The number of rotatable bonds is 6. The Balaban J connectivity index is 1.57. The molecule has 0 N–H and O–H groups in total. The number of carbonyl (C=O) groups excluding carboxylic acids is 1. The van der Waals surface area contributed by atoms with Crippen LogP contribution in [0.3, 0.4) is 0 Å². The standard InChI is InChI=1S/C18H17ClO5S/c1-21-15-10-12(11-16-17(15)23-7-6-22-16)18(20)24-8-9-25-14-4-2-13(19)3-5-14/h2-5,10-11H,6-9H2,1H3. The van der Waals surface area contributed by atoms with Crippen LogP contribution >= 0.6 is 23.4 Å². The Morgan fingerprint density at radius 2 is 1.96 bits per heavy atom. The molecule has 0 unspecified atom stereocenters. The SMILES string of the molecule is COc1cc(C(=O)OCCSc2ccc(Cl)cc2)cc2c1OCCO2. The van der Waals surface area contributed by atoms with Gasteiger partial charge in [0.25, 0.3) is 0 Å². The first kappa shape index (κ1) is 17.8. The highest BCUT2D eigenvalue weighted by Gasteiger charge is 2.21. The Hall–Kier alpha value is -2.05. The Kier molecular flexibility index (Phi) is 5.94. The lowest BCUT2D eigenvalue weighted by molar-refractivity contribution is 0.0528. The van der Waals surface area contributed by atoms with Crippen molar-refractivity contribution >= 4 is 29.3 Å². The zero-order chi connectivity index (χ0) is 17.6. The molecule has 0 aromatic heterocycles. The summed E-state index contributed by atoms with van der Waals surface area (Å²) in [6.45, 7) is 1.18. The third kappa shape index (κ3) is 4.52. The summed E-state index contributed by atoms with van der Waals surface area (Å²) in [6, 6.07) is 10.7. The van der Waals surface area contributed by atoms with Crippen molar-refractivity contribution in [2.24, 2.45) is 0 Å². The highest BCUT2D eigenvalue weighted by Crippen LogP contribution is 2.40. The van der Waals surface area contributed by atoms with Crippen LogP contribution in [0.15, 0.2) is 41.3 Å². The Labute approximate surface area is 155 Å². The van der Waals surface area contributed by atoms with Crippen molar-refractivity contribution in [2.75, 3.05) is 32.7 Å². The van der Waals surface area contributed by atoms with E-state index in [4.69, 9.17) is 30.5 Å². The first-order valence-corrected chi connectivity index (χ1v) is 9.07. The van der Waals surface area contributed by atoms with Gasteiger partial charge in [0.15, 0.2) is 11.5 Å². The molecule has 1 aliphatic rings. The highest BCUT2D eigenvalue weighted by atomic mass is 35.5. The molecule has 1 aliphatic heterocycles. The average molecular weight is 381 g/mol. The monoisotopic (exact) mass is 380 g/mol. The van der Waals surface area contributed by atoms with Crippen LogP contribution in [0.1, 0.15) is 10.4 Å². The number of halogens is 1. The minimum atomic E-state index is -0.424. The van der Waals surface area contributed by atoms with Gasteiger partial charge in [-0.1, -0.05) is 11.6 Å². The molecule has 0 bridgehead atoms.